The maximum atomic E-state index is 13.4. The number of halogens is 3. The first-order chi connectivity index (χ1) is 7.66. The molecule has 2 nitrogen and oxygen atoms in total. The summed E-state index contributed by atoms with van der Waals surface area (Å²) in [7, 11) is 0. The summed E-state index contributed by atoms with van der Waals surface area (Å²) in [5.74, 6) is -0.244. The fraction of sp³-hybridized carbons (Fsp3) is 0. The van der Waals surface area contributed by atoms with Crippen LogP contribution in [0.1, 0.15) is 0 Å². The van der Waals surface area contributed by atoms with E-state index in [1.165, 1.54) is 12.1 Å². The van der Waals surface area contributed by atoms with Crippen molar-refractivity contribution in [3.8, 4) is 11.6 Å². The third kappa shape index (κ3) is 2.51. The molecule has 1 aromatic carbocycles. The SMILES string of the molecule is Fc1cccc(Cl)c1Oc1ccc(Br)cn1. The van der Waals surface area contributed by atoms with Crippen LogP contribution in [0.5, 0.6) is 11.6 Å². The van der Waals surface area contributed by atoms with E-state index in [1.807, 2.05) is 0 Å². The summed E-state index contributed by atoms with van der Waals surface area (Å²) in [4.78, 5) is 3.96. The Hall–Kier alpha value is -1.13. The fourth-order valence-corrected chi connectivity index (χ4v) is 1.54. The lowest BCUT2D eigenvalue weighted by Crippen LogP contribution is -1.91. The average molecular weight is 303 g/mol. The molecule has 0 spiro atoms. The molecule has 0 saturated carbocycles. The van der Waals surface area contributed by atoms with Gasteiger partial charge < -0.3 is 4.74 Å². The van der Waals surface area contributed by atoms with Crippen LogP contribution in [0.4, 0.5) is 4.39 Å². The van der Waals surface area contributed by atoms with Crippen molar-refractivity contribution in [1.82, 2.24) is 4.98 Å². The van der Waals surface area contributed by atoms with Crippen molar-refractivity contribution in [2.75, 3.05) is 0 Å². The number of hydrogen-bond acceptors (Lipinski definition) is 2. The lowest BCUT2D eigenvalue weighted by atomic mass is 10.3. The van der Waals surface area contributed by atoms with Crippen LogP contribution < -0.4 is 4.74 Å². The van der Waals surface area contributed by atoms with Crippen molar-refractivity contribution in [1.29, 1.82) is 0 Å². The third-order valence-electron chi connectivity index (χ3n) is 1.83. The topological polar surface area (TPSA) is 22.1 Å². The molecule has 0 atom stereocenters. The Morgan fingerprint density at radius 1 is 1.25 bits per heavy atom. The normalized spacial score (nSPS) is 10.2. The van der Waals surface area contributed by atoms with Crippen LogP contribution in [0.2, 0.25) is 5.02 Å². The van der Waals surface area contributed by atoms with Gasteiger partial charge in [0.05, 0.1) is 5.02 Å². The van der Waals surface area contributed by atoms with Gasteiger partial charge >= 0.3 is 0 Å². The molecule has 82 valence electrons. The second-order valence-corrected chi connectivity index (χ2v) is 4.29. The van der Waals surface area contributed by atoms with Gasteiger partial charge in [0.1, 0.15) is 0 Å². The molecule has 0 aliphatic heterocycles. The summed E-state index contributed by atoms with van der Waals surface area (Å²) in [6, 6.07) is 7.71. The van der Waals surface area contributed by atoms with E-state index >= 15 is 0 Å². The fourth-order valence-electron chi connectivity index (χ4n) is 1.11. The van der Waals surface area contributed by atoms with Gasteiger partial charge in [-0.2, -0.15) is 0 Å². The zero-order valence-electron chi connectivity index (χ0n) is 7.95. The summed E-state index contributed by atoms with van der Waals surface area (Å²) in [6.45, 7) is 0. The van der Waals surface area contributed by atoms with E-state index in [0.717, 1.165) is 4.47 Å². The maximum Gasteiger partial charge on any atom is 0.219 e. The van der Waals surface area contributed by atoms with E-state index < -0.39 is 5.82 Å². The monoisotopic (exact) mass is 301 g/mol. The van der Waals surface area contributed by atoms with Crippen LogP contribution >= 0.6 is 27.5 Å². The highest BCUT2D eigenvalue weighted by Gasteiger charge is 2.09. The smallest absolute Gasteiger partial charge is 0.219 e. The van der Waals surface area contributed by atoms with Crippen LogP contribution in [0.25, 0.3) is 0 Å². The van der Waals surface area contributed by atoms with E-state index in [2.05, 4.69) is 20.9 Å². The Labute approximate surface area is 105 Å². The molecule has 0 bridgehead atoms. The standard InChI is InChI=1S/C11H6BrClFNO/c12-7-4-5-10(15-6-7)16-11-8(13)2-1-3-9(11)14/h1-6H. The van der Waals surface area contributed by atoms with E-state index in [4.69, 9.17) is 16.3 Å². The number of rotatable bonds is 2. The Morgan fingerprint density at radius 2 is 2.06 bits per heavy atom. The van der Waals surface area contributed by atoms with Crippen molar-refractivity contribution >= 4 is 27.5 Å². The molecule has 0 radical (unpaired) electrons. The maximum absolute atomic E-state index is 13.4. The third-order valence-corrected chi connectivity index (χ3v) is 2.59. The quantitative estimate of drug-likeness (QED) is 0.819. The first-order valence-electron chi connectivity index (χ1n) is 4.40. The molecule has 0 fully saturated rings. The summed E-state index contributed by atoms with van der Waals surface area (Å²) in [5.41, 5.74) is 0. The Balaban J connectivity index is 2.30. The molecular formula is C11H6BrClFNO. The van der Waals surface area contributed by atoms with Gasteiger partial charge in [0.2, 0.25) is 5.88 Å². The molecule has 0 unspecified atom stereocenters. The van der Waals surface area contributed by atoms with Gasteiger partial charge in [-0.3, -0.25) is 0 Å². The first kappa shape index (κ1) is 11.4. The molecule has 0 amide bonds. The highest BCUT2D eigenvalue weighted by molar-refractivity contribution is 9.10. The molecular weight excluding hydrogens is 296 g/mol. The van der Waals surface area contributed by atoms with Gasteiger partial charge in [-0.05, 0) is 34.1 Å². The predicted molar refractivity (Wildman–Crippen MR) is 63.4 cm³/mol. The van der Waals surface area contributed by atoms with E-state index in [9.17, 15) is 4.39 Å². The number of nitrogens with zero attached hydrogens (tertiary/aromatic N) is 1. The molecule has 16 heavy (non-hydrogen) atoms. The van der Waals surface area contributed by atoms with Gasteiger partial charge in [-0.1, -0.05) is 17.7 Å². The summed E-state index contributed by atoms with van der Waals surface area (Å²) in [6.07, 6.45) is 1.56. The molecule has 1 heterocycles. The van der Waals surface area contributed by atoms with Crippen molar-refractivity contribution in [3.63, 3.8) is 0 Å². The van der Waals surface area contributed by atoms with Gasteiger partial charge in [0, 0.05) is 16.7 Å². The van der Waals surface area contributed by atoms with E-state index in [0.29, 0.717) is 0 Å². The lowest BCUT2D eigenvalue weighted by molar-refractivity contribution is 0.427. The number of aromatic nitrogens is 1. The second-order valence-electron chi connectivity index (χ2n) is 2.97. The van der Waals surface area contributed by atoms with Crippen molar-refractivity contribution in [2.24, 2.45) is 0 Å². The predicted octanol–water partition coefficient (Wildman–Crippen LogP) is 4.43. The van der Waals surface area contributed by atoms with E-state index in [-0.39, 0.29) is 16.7 Å². The second kappa shape index (κ2) is 4.80. The molecule has 0 aliphatic carbocycles. The largest absolute Gasteiger partial charge is 0.434 e. The van der Waals surface area contributed by atoms with Crippen LogP contribution in [-0.2, 0) is 0 Å². The van der Waals surface area contributed by atoms with Crippen LogP contribution in [0, 0.1) is 5.82 Å². The molecule has 0 aliphatic rings. The Morgan fingerprint density at radius 3 is 2.69 bits per heavy atom. The first-order valence-corrected chi connectivity index (χ1v) is 5.57. The Kier molecular flexibility index (Phi) is 3.41. The van der Waals surface area contributed by atoms with Gasteiger partial charge in [0.25, 0.3) is 0 Å². The van der Waals surface area contributed by atoms with Crippen molar-refractivity contribution in [2.45, 2.75) is 0 Å². The number of benzene rings is 1. The average Bonchev–Trinajstić information content (AvgIpc) is 2.26. The van der Waals surface area contributed by atoms with Crippen molar-refractivity contribution < 1.29 is 9.13 Å². The van der Waals surface area contributed by atoms with Gasteiger partial charge in [-0.25, -0.2) is 9.37 Å². The molecule has 1 aromatic heterocycles. The minimum atomic E-state index is -0.516. The highest BCUT2D eigenvalue weighted by Crippen LogP contribution is 2.31. The highest BCUT2D eigenvalue weighted by atomic mass is 79.9. The van der Waals surface area contributed by atoms with Crippen LogP contribution in [0.15, 0.2) is 41.0 Å². The zero-order valence-corrected chi connectivity index (χ0v) is 10.3. The number of hydrogen-bond donors (Lipinski definition) is 0. The van der Waals surface area contributed by atoms with Crippen LogP contribution in [0.3, 0.4) is 0 Å². The number of ether oxygens (including phenoxy) is 1. The lowest BCUT2D eigenvalue weighted by Gasteiger charge is -2.07. The zero-order chi connectivity index (χ0) is 11.5. The van der Waals surface area contributed by atoms with Crippen LogP contribution in [-0.4, -0.2) is 4.98 Å². The molecule has 5 heteroatoms. The van der Waals surface area contributed by atoms with E-state index in [1.54, 1.807) is 24.4 Å². The Bertz CT molecular complexity index is 484. The number of para-hydroxylation sites is 1. The molecule has 0 N–H and O–H groups in total. The summed E-state index contributed by atoms with van der Waals surface area (Å²) < 4.78 is 19.4. The minimum absolute atomic E-state index is 0.0148. The van der Waals surface area contributed by atoms with Gasteiger partial charge in [-0.15, -0.1) is 0 Å². The summed E-state index contributed by atoms with van der Waals surface area (Å²) in [5, 5.41) is 0.213. The summed E-state index contributed by atoms with van der Waals surface area (Å²) >= 11 is 9.05. The minimum Gasteiger partial charge on any atom is -0.434 e. The van der Waals surface area contributed by atoms with Gasteiger partial charge in [0.15, 0.2) is 11.6 Å². The molecule has 2 aromatic rings. The number of pyridine rings is 1. The van der Waals surface area contributed by atoms with Crippen molar-refractivity contribution in [3.05, 3.63) is 51.8 Å². The molecule has 2 rings (SSSR count). The molecule has 0 saturated heterocycles.